The number of hydrogen-bond donors (Lipinski definition) is 1. The van der Waals surface area contributed by atoms with E-state index in [0.717, 1.165) is 5.56 Å². The van der Waals surface area contributed by atoms with E-state index in [-0.39, 0.29) is 18.1 Å². The summed E-state index contributed by atoms with van der Waals surface area (Å²) < 4.78 is 5.18. The van der Waals surface area contributed by atoms with Crippen molar-refractivity contribution in [3.8, 4) is 0 Å². The van der Waals surface area contributed by atoms with E-state index in [0.29, 0.717) is 19.1 Å². The zero-order valence-electron chi connectivity index (χ0n) is 12.7. The van der Waals surface area contributed by atoms with Crippen LogP contribution in [0.25, 0.3) is 0 Å². The molecular formula is C16H24N2O2. The second-order valence-corrected chi connectivity index (χ2v) is 5.76. The number of carbonyl (C=O) groups is 1. The van der Waals surface area contributed by atoms with Gasteiger partial charge in [-0.3, -0.25) is 10.1 Å². The van der Waals surface area contributed by atoms with E-state index in [1.807, 2.05) is 17.9 Å². The first-order chi connectivity index (χ1) is 9.52. The summed E-state index contributed by atoms with van der Waals surface area (Å²) in [6.07, 6.45) is -0.0308. The third-order valence-electron chi connectivity index (χ3n) is 3.69. The molecular weight excluding hydrogens is 252 g/mol. The molecule has 20 heavy (non-hydrogen) atoms. The molecule has 1 heterocycles. The molecule has 1 saturated heterocycles. The molecule has 0 bridgehead atoms. The normalized spacial score (nSPS) is 24.2. The maximum Gasteiger partial charge on any atom is 0.241 e. The number of ether oxygens (including phenoxy) is 1. The van der Waals surface area contributed by atoms with Crippen LogP contribution >= 0.6 is 0 Å². The van der Waals surface area contributed by atoms with Gasteiger partial charge in [-0.15, -0.1) is 0 Å². The molecule has 0 aromatic heterocycles. The number of hydrogen-bond acceptors (Lipinski definition) is 3. The Bertz CT molecular complexity index is 475. The second kappa shape index (κ2) is 6.37. The highest BCUT2D eigenvalue weighted by Crippen LogP contribution is 2.26. The van der Waals surface area contributed by atoms with Gasteiger partial charge in [-0.05, 0) is 25.3 Å². The molecule has 3 atom stereocenters. The van der Waals surface area contributed by atoms with E-state index >= 15 is 0 Å². The summed E-state index contributed by atoms with van der Waals surface area (Å²) >= 11 is 0. The van der Waals surface area contributed by atoms with Crippen molar-refractivity contribution in [2.75, 3.05) is 20.3 Å². The summed E-state index contributed by atoms with van der Waals surface area (Å²) in [5, 5.41) is 3.38. The molecule has 1 amide bonds. The predicted molar refractivity (Wildman–Crippen MR) is 79.3 cm³/mol. The van der Waals surface area contributed by atoms with E-state index in [2.05, 4.69) is 37.4 Å². The number of benzene rings is 1. The molecule has 110 valence electrons. The molecule has 0 spiro atoms. The van der Waals surface area contributed by atoms with Gasteiger partial charge in [0, 0.05) is 13.7 Å². The Morgan fingerprint density at radius 2 is 2.20 bits per heavy atom. The topological polar surface area (TPSA) is 41.6 Å². The SMILES string of the molecule is COCC(C)CN1C(=O)C(C)NC1c1cccc(C)c1. The van der Waals surface area contributed by atoms with Gasteiger partial charge in [-0.2, -0.15) is 0 Å². The maximum atomic E-state index is 12.3. The maximum absolute atomic E-state index is 12.3. The van der Waals surface area contributed by atoms with Crippen LogP contribution in [0.2, 0.25) is 0 Å². The van der Waals surface area contributed by atoms with Crippen molar-refractivity contribution in [3.05, 3.63) is 35.4 Å². The van der Waals surface area contributed by atoms with Crippen LogP contribution in [0.3, 0.4) is 0 Å². The van der Waals surface area contributed by atoms with Crippen molar-refractivity contribution < 1.29 is 9.53 Å². The van der Waals surface area contributed by atoms with E-state index in [1.165, 1.54) is 5.56 Å². The van der Waals surface area contributed by atoms with Crippen molar-refractivity contribution in [2.24, 2.45) is 5.92 Å². The monoisotopic (exact) mass is 276 g/mol. The van der Waals surface area contributed by atoms with Gasteiger partial charge in [0.1, 0.15) is 6.17 Å². The summed E-state index contributed by atoms with van der Waals surface area (Å²) in [5.41, 5.74) is 2.36. The number of nitrogens with one attached hydrogen (secondary N) is 1. The molecule has 1 aliphatic rings. The van der Waals surface area contributed by atoms with Crippen LogP contribution in [0.4, 0.5) is 0 Å². The van der Waals surface area contributed by atoms with Crippen LogP contribution in [0, 0.1) is 12.8 Å². The van der Waals surface area contributed by atoms with E-state index < -0.39 is 0 Å². The van der Waals surface area contributed by atoms with Crippen LogP contribution in [0.5, 0.6) is 0 Å². The van der Waals surface area contributed by atoms with Gasteiger partial charge in [-0.25, -0.2) is 0 Å². The summed E-state index contributed by atoms with van der Waals surface area (Å²) in [6, 6.07) is 8.19. The predicted octanol–water partition coefficient (Wildman–Crippen LogP) is 2.10. The van der Waals surface area contributed by atoms with E-state index in [4.69, 9.17) is 4.74 Å². The van der Waals surface area contributed by atoms with E-state index in [9.17, 15) is 4.79 Å². The van der Waals surface area contributed by atoms with Crippen LogP contribution in [-0.2, 0) is 9.53 Å². The van der Waals surface area contributed by atoms with Crippen molar-refractivity contribution in [1.29, 1.82) is 0 Å². The van der Waals surface area contributed by atoms with Gasteiger partial charge in [-0.1, -0.05) is 36.8 Å². The summed E-state index contributed by atoms with van der Waals surface area (Å²) in [6.45, 7) is 7.47. The lowest BCUT2D eigenvalue weighted by Gasteiger charge is -2.27. The number of rotatable bonds is 5. The Labute approximate surface area is 121 Å². The molecule has 1 fully saturated rings. The van der Waals surface area contributed by atoms with Gasteiger partial charge >= 0.3 is 0 Å². The lowest BCUT2D eigenvalue weighted by molar-refractivity contribution is -0.130. The Morgan fingerprint density at radius 1 is 1.45 bits per heavy atom. The number of methoxy groups -OCH3 is 1. The highest BCUT2D eigenvalue weighted by atomic mass is 16.5. The standard InChI is InChI=1S/C16H24N2O2/c1-11-6-5-7-14(8-11)15-17-13(3)16(19)18(15)9-12(2)10-20-4/h5-8,12-13,15,17H,9-10H2,1-4H3. The van der Waals surface area contributed by atoms with Gasteiger partial charge in [0.2, 0.25) is 5.91 Å². The number of amides is 1. The molecule has 4 heteroatoms. The second-order valence-electron chi connectivity index (χ2n) is 5.76. The Hall–Kier alpha value is -1.39. The van der Waals surface area contributed by atoms with Gasteiger partial charge in [0.05, 0.1) is 12.6 Å². The molecule has 2 rings (SSSR count). The zero-order chi connectivity index (χ0) is 14.7. The third kappa shape index (κ3) is 3.19. The molecule has 3 unspecified atom stereocenters. The van der Waals surface area contributed by atoms with Gasteiger partial charge in [0.25, 0.3) is 0 Å². The quantitative estimate of drug-likeness (QED) is 0.895. The summed E-state index contributed by atoms with van der Waals surface area (Å²) in [7, 11) is 1.70. The number of nitrogens with zero attached hydrogens (tertiary/aromatic N) is 1. The van der Waals surface area contributed by atoms with Crippen LogP contribution in [-0.4, -0.2) is 37.1 Å². The van der Waals surface area contributed by atoms with Gasteiger partial charge in [0.15, 0.2) is 0 Å². The van der Waals surface area contributed by atoms with Crippen LogP contribution in [0.1, 0.15) is 31.1 Å². The molecule has 0 saturated carbocycles. The highest BCUT2D eigenvalue weighted by molar-refractivity contribution is 5.84. The zero-order valence-corrected chi connectivity index (χ0v) is 12.7. The minimum absolute atomic E-state index is 0.0308. The molecule has 1 aromatic carbocycles. The molecule has 1 aliphatic heterocycles. The molecule has 0 radical (unpaired) electrons. The highest BCUT2D eigenvalue weighted by Gasteiger charge is 2.37. The first-order valence-electron chi connectivity index (χ1n) is 7.15. The number of aryl methyl sites for hydroxylation is 1. The summed E-state index contributed by atoms with van der Waals surface area (Å²) in [4.78, 5) is 14.3. The Morgan fingerprint density at radius 3 is 2.85 bits per heavy atom. The fourth-order valence-corrected chi connectivity index (χ4v) is 2.76. The molecule has 1 aromatic rings. The van der Waals surface area contributed by atoms with Crippen LogP contribution < -0.4 is 5.32 Å². The van der Waals surface area contributed by atoms with Crippen molar-refractivity contribution >= 4 is 5.91 Å². The van der Waals surface area contributed by atoms with Gasteiger partial charge < -0.3 is 9.64 Å². The summed E-state index contributed by atoms with van der Waals surface area (Å²) in [5.74, 6) is 0.489. The van der Waals surface area contributed by atoms with E-state index in [1.54, 1.807) is 7.11 Å². The minimum Gasteiger partial charge on any atom is -0.384 e. The average molecular weight is 276 g/mol. The van der Waals surface area contributed by atoms with Crippen molar-refractivity contribution in [1.82, 2.24) is 10.2 Å². The first kappa shape index (κ1) is 15.0. The average Bonchev–Trinajstić information content (AvgIpc) is 2.67. The first-order valence-corrected chi connectivity index (χ1v) is 7.15. The molecule has 0 aliphatic carbocycles. The van der Waals surface area contributed by atoms with Crippen molar-refractivity contribution in [2.45, 2.75) is 33.0 Å². The smallest absolute Gasteiger partial charge is 0.241 e. The Balaban J connectivity index is 2.19. The van der Waals surface area contributed by atoms with Crippen LogP contribution in [0.15, 0.2) is 24.3 Å². The largest absolute Gasteiger partial charge is 0.384 e. The molecule has 4 nitrogen and oxygen atoms in total. The Kier molecular flexibility index (Phi) is 4.78. The minimum atomic E-state index is -0.129. The fraction of sp³-hybridized carbons (Fsp3) is 0.562. The lowest BCUT2D eigenvalue weighted by atomic mass is 10.1. The molecule has 1 N–H and O–H groups in total. The number of carbonyl (C=O) groups excluding carboxylic acids is 1. The fourth-order valence-electron chi connectivity index (χ4n) is 2.76. The third-order valence-corrected chi connectivity index (χ3v) is 3.69. The lowest BCUT2D eigenvalue weighted by Crippen LogP contribution is -2.35. The van der Waals surface area contributed by atoms with Crippen molar-refractivity contribution in [3.63, 3.8) is 0 Å².